The Morgan fingerprint density at radius 3 is 2.50 bits per heavy atom. The first-order chi connectivity index (χ1) is 14.7. The van der Waals surface area contributed by atoms with E-state index in [1.807, 2.05) is 36.4 Å². The number of imide groups is 1. The third-order valence-electron chi connectivity index (χ3n) is 6.44. The van der Waals surface area contributed by atoms with E-state index in [0.29, 0.717) is 19.4 Å². The minimum Gasteiger partial charge on any atom is -0.323 e. The number of aryl methyl sites for hydroxylation is 1. The number of hydrogen-bond donors (Lipinski definition) is 2. The Labute approximate surface area is 178 Å². The Bertz CT molecular complexity index is 852. The van der Waals surface area contributed by atoms with Gasteiger partial charge in [-0.15, -0.1) is 0 Å². The molecule has 2 aromatic rings. The highest BCUT2D eigenvalue weighted by atomic mass is 16.2. The van der Waals surface area contributed by atoms with Crippen molar-refractivity contribution in [2.75, 3.05) is 19.6 Å². The number of aromatic nitrogens is 1. The van der Waals surface area contributed by atoms with Gasteiger partial charge in [0, 0.05) is 24.9 Å². The molecule has 0 bridgehead atoms. The van der Waals surface area contributed by atoms with Gasteiger partial charge in [-0.25, -0.2) is 4.79 Å². The molecule has 158 valence electrons. The van der Waals surface area contributed by atoms with E-state index in [9.17, 15) is 9.59 Å². The maximum absolute atomic E-state index is 13.6. The van der Waals surface area contributed by atoms with Crippen molar-refractivity contribution in [1.82, 2.24) is 20.5 Å². The lowest BCUT2D eigenvalue weighted by atomic mass is 9.74. The van der Waals surface area contributed by atoms with Gasteiger partial charge in [0.15, 0.2) is 0 Å². The van der Waals surface area contributed by atoms with Gasteiger partial charge in [0.2, 0.25) is 0 Å². The van der Waals surface area contributed by atoms with Gasteiger partial charge in [0.05, 0.1) is 0 Å². The molecule has 3 heterocycles. The molecular formula is C24H30N4O2. The fraction of sp³-hybridized carbons (Fsp3) is 0.458. The van der Waals surface area contributed by atoms with Crippen molar-refractivity contribution < 1.29 is 9.59 Å². The summed E-state index contributed by atoms with van der Waals surface area (Å²) in [7, 11) is 0. The number of nitrogens with zero attached hydrogens (tertiary/aromatic N) is 2. The monoisotopic (exact) mass is 406 g/mol. The van der Waals surface area contributed by atoms with Crippen LogP contribution in [-0.2, 0) is 17.6 Å². The molecule has 0 aliphatic carbocycles. The maximum atomic E-state index is 13.6. The third-order valence-corrected chi connectivity index (χ3v) is 6.44. The number of amides is 3. The van der Waals surface area contributed by atoms with Crippen LogP contribution in [0.3, 0.4) is 0 Å². The molecule has 1 aromatic heterocycles. The first kappa shape index (κ1) is 20.5. The number of hydrogen-bond acceptors (Lipinski definition) is 4. The molecular weight excluding hydrogens is 376 g/mol. The average molecular weight is 407 g/mol. The van der Waals surface area contributed by atoms with Gasteiger partial charge in [-0.05, 0) is 68.8 Å². The number of nitrogens with one attached hydrogen (secondary N) is 2. The van der Waals surface area contributed by atoms with Gasteiger partial charge in [-0.1, -0.05) is 36.4 Å². The van der Waals surface area contributed by atoms with E-state index >= 15 is 0 Å². The van der Waals surface area contributed by atoms with Crippen LogP contribution in [0.15, 0.2) is 54.7 Å². The molecule has 30 heavy (non-hydrogen) atoms. The van der Waals surface area contributed by atoms with Gasteiger partial charge in [0.1, 0.15) is 5.54 Å². The summed E-state index contributed by atoms with van der Waals surface area (Å²) in [5.74, 6) is 0.120. The van der Waals surface area contributed by atoms with Crippen molar-refractivity contribution in [3.63, 3.8) is 0 Å². The summed E-state index contributed by atoms with van der Waals surface area (Å²) in [4.78, 5) is 32.2. The number of urea groups is 1. The largest absolute Gasteiger partial charge is 0.325 e. The summed E-state index contributed by atoms with van der Waals surface area (Å²) < 4.78 is 0. The summed E-state index contributed by atoms with van der Waals surface area (Å²) in [6.45, 7) is 2.15. The van der Waals surface area contributed by atoms with Crippen LogP contribution in [0.5, 0.6) is 0 Å². The smallest absolute Gasteiger partial charge is 0.323 e. The van der Waals surface area contributed by atoms with Crippen LogP contribution in [0.1, 0.15) is 36.9 Å². The second kappa shape index (κ2) is 9.39. The van der Waals surface area contributed by atoms with Crippen LogP contribution in [0.4, 0.5) is 4.79 Å². The van der Waals surface area contributed by atoms with Gasteiger partial charge in [0.25, 0.3) is 5.91 Å². The molecule has 0 saturated carbocycles. The first-order valence-electron chi connectivity index (χ1n) is 11.0. The van der Waals surface area contributed by atoms with Crippen LogP contribution in [0, 0.1) is 5.92 Å². The third kappa shape index (κ3) is 4.38. The van der Waals surface area contributed by atoms with Gasteiger partial charge < -0.3 is 10.6 Å². The number of carbonyl (C=O) groups excluding carboxylic acids is 2. The Morgan fingerprint density at radius 2 is 1.77 bits per heavy atom. The molecule has 1 atom stereocenters. The van der Waals surface area contributed by atoms with E-state index in [-0.39, 0.29) is 17.9 Å². The summed E-state index contributed by atoms with van der Waals surface area (Å²) in [5.41, 5.74) is 1.38. The predicted molar refractivity (Wildman–Crippen MR) is 116 cm³/mol. The summed E-state index contributed by atoms with van der Waals surface area (Å²) in [6.07, 6.45) is 6.59. The van der Waals surface area contributed by atoms with Gasteiger partial charge in [-0.2, -0.15) is 0 Å². The molecule has 3 amide bonds. The van der Waals surface area contributed by atoms with E-state index in [1.54, 1.807) is 6.20 Å². The molecule has 2 aliphatic heterocycles. The van der Waals surface area contributed by atoms with Crippen LogP contribution in [0.2, 0.25) is 0 Å². The lowest BCUT2D eigenvalue weighted by molar-refractivity contribution is -0.134. The Kier molecular flexibility index (Phi) is 6.43. The number of carbonyl (C=O) groups is 2. The number of rotatable bonds is 8. The zero-order valence-electron chi connectivity index (χ0n) is 17.3. The fourth-order valence-electron chi connectivity index (χ4n) is 4.80. The second-order valence-corrected chi connectivity index (χ2v) is 8.29. The number of piperidine rings is 1. The van der Waals surface area contributed by atoms with Gasteiger partial charge >= 0.3 is 6.03 Å². The van der Waals surface area contributed by atoms with Crippen molar-refractivity contribution in [1.29, 1.82) is 0 Å². The SMILES string of the molecule is O=C1NC(CCCc2ccccc2)(C2CCNCC2)C(=O)N1CCc1ccccn1. The molecule has 2 N–H and O–H groups in total. The number of benzene rings is 1. The molecule has 1 aromatic carbocycles. The first-order valence-corrected chi connectivity index (χ1v) is 11.0. The molecule has 2 fully saturated rings. The van der Waals surface area contributed by atoms with E-state index in [0.717, 1.165) is 44.5 Å². The lowest BCUT2D eigenvalue weighted by Crippen LogP contribution is -2.55. The Morgan fingerprint density at radius 1 is 1.00 bits per heavy atom. The van der Waals surface area contributed by atoms with E-state index in [4.69, 9.17) is 0 Å². The van der Waals surface area contributed by atoms with Crippen LogP contribution < -0.4 is 10.6 Å². The standard InChI is InChI=1S/C24H30N4O2/c29-22-24(20-11-16-25-17-12-20,14-6-9-19-7-2-1-3-8-19)27-23(30)28(22)18-13-21-10-4-5-15-26-21/h1-5,7-8,10,15,20,25H,6,9,11-14,16-18H2,(H,27,30). The summed E-state index contributed by atoms with van der Waals surface area (Å²) in [6, 6.07) is 15.8. The van der Waals surface area contributed by atoms with Crippen molar-refractivity contribution in [2.45, 2.75) is 44.1 Å². The van der Waals surface area contributed by atoms with Crippen molar-refractivity contribution in [3.05, 3.63) is 66.0 Å². The highest BCUT2D eigenvalue weighted by molar-refractivity contribution is 6.07. The second-order valence-electron chi connectivity index (χ2n) is 8.29. The highest BCUT2D eigenvalue weighted by Gasteiger charge is 2.54. The van der Waals surface area contributed by atoms with E-state index in [2.05, 4.69) is 27.8 Å². The number of pyridine rings is 1. The highest BCUT2D eigenvalue weighted by Crippen LogP contribution is 2.36. The topological polar surface area (TPSA) is 74.3 Å². The quantitative estimate of drug-likeness (QED) is 0.661. The molecule has 1 unspecified atom stereocenters. The predicted octanol–water partition coefficient (Wildman–Crippen LogP) is 2.94. The summed E-state index contributed by atoms with van der Waals surface area (Å²) in [5, 5.41) is 6.52. The van der Waals surface area contributed by atoms with E-state index in [1.165, 1.54) is 10.5 Å². The van der Waals surface area contributed by atoms with Gasteiger partial charge in [-0.3, -0.25) is 14.7 Å². The molecule has 6 heteroatoms. The molecule has 0 spiro atoms. The minimum atomic E-state index is -0.780. The zero-order valence-corrected chi connectivity index (χ0v) is 17.3. The van der Waals surface area contributed by atoms with Crippen molar-refractivity contribution in [3.8, 4) is 0 Å². The lowest BCUT2D eigenvalue weighted by Gasteiger charge is -2.38. The fourth-order valence-corrected chi connectivity index (χ4v) is 4.80. The Balaban J connectivity index is 1.48. The molecule has 2 aliphatic rings. The van der Waals surface area contributed by atoms with Crippen molar-refractivity contribution >= 4 is 11.9 Å². The van der Waals surface area contributed by atoms with Crippen LogP contribution in [-0.4, -0.2) is 47.0 Å². The van der Waals surface area contributed by atoms with Crippen LogP contribution in [0.25, 0.3) is 0 Å². The van der Waals surface area contributed by atoms with E-state index < -0.39 is 5.54 Å². The Hall–Kier alpha value is -2.73. The summed E-state index contributed by atoms with van der Waals surface area (Å²) >= 11 is 0. The minimum absolute atomic E-state index is 0.0524. The van der Waals surface area contributed by atoms with Crippen LogP contribution >= 0.6 is 0 Å². The molecule has 2 saturated heterocycles. The average Bonchev–Trinajstić information content (AvgIpc) is 3.04. The van der Waals surface area contributed by atoms with Crippen molar-refractivity contribution in [2.24, 2.45) is 5.92 Å². The maximum Gasteiger partial charge on any atom is 0.325 e. The zero-order chi connectivity index (χ0) is 20.8. The molecule has 4 rings (SSSR count). The molecule has 6 nitrogen and oxygen atoms in total. The normalized spacial score (nSPS) is 22.3. The molecule has 0 radical (unpaired) electrons.